The quantitative estimate of drug-likeness (QED) is 0.639. The van der Waals surface area contributed by atoms with Crippen LogP contribution in [0.4, 0.5) is 0 Å². The van der Waals surface area contributed by atoms with Crippen molar-refractivity contribution in [3.8, 4) is 0 Å². The third kappa shape index (κ3) is 0.556. The van der Waals surface area contributed by atoms with Crippen molar-refractivity contribution in [3.63, 3.8) is 0 Å². The van der Waals surface area contributed by atoms with Crippen molar-refractivity contribution in [2.75, 3.05) is 0 Å². The minimum absolute atomic E-state index is 0.523. The van der Waals surface area contributed by atoms with E-state index in [-0.39, 0.29) is 0 Å². The van der Waals surface area contributed by atoms with Crippen LogP contribution in [-0.2, 0) is 0 Å². The SMILES string of the molecule is C=Cc1nc2ocnc2[nH]1. The summed E-state index contributed by atoms with van der Waals surface area (Å²) in [5.74, 6) is 0.682. The van der Waals surface area contributed by atoms with E-state index in [2.05, 4.69) is 21.5 Å². The van der Waals surface area contributed by atoms with Gasteiger partial charge >= 0.3 is 0 Å². The largest absolute Gasteiger partial charge is 0.424 e. The Balaban J connectivity index is 2.78. The molecule has 4 nitrogen and oxygen atoms in total. The molecule has 4 heteroatoms. The lowest BCUT2D eigenvalue weighted by atomic mass is 10.6. The molecular formula is C6H5N3O. The minimum atomic E-state index is 0.523. The van der Waals surface area contributed by atoms with Gasteiger partial charge in [0, 0.05) is 0 Å². The van der Waals surface area contributed by atoms with E-state index in [0.717, 1.165) is 0 Å². The fourth-order valence-electron chi connectivity index (χ4n) is 0.760. The van der Waals surface area contributed by atoms with Crippen LogP contribution in [-0.4, -0.2) is 15.0 Å². The number of rotatable bonds is 1. The fraction of sp³-hybridized carbons (Fsp3) is 0. The molecule has 0 atom stereocenters. The second kappa shape index (κ2) is 1.70. The van der Waals surface area contributed by atoms with Crippen molar-refractivity contribution in [2.24, 2.45) is 0 Å². The number of imidazole rings is 1. The molecule has 0 unspecified atom stereocenters. The molecule has 0 saturated carbocycles. The highest BCUT2D eigenvalue weighted by molar-refractivity contribution is 5.65. The standard InChI is InChI=1S/C6H5N3O/c1-2-4-8-5-6(9-4)10-3-7-5/h2-3H,1H2,(H,8,9). The zero-order valence-electron chi connectivity index (χ0n) is 5.16. The van der Waals surface area contributed by atoms with Crippen LogP contribution in [0.1, 0.15) is 5.82 Å². The predicted octanol–water partition coefficient (Wildman–Crippen LogP) is 1.19. The molecule has 0 fully saturated rings. The first-order chi connectivity index (χ1) is 4.90. The Labute approximate surface area is 56.6 Å². The second-order valence-electron chi connectivity index (χ2n) is 1.83. The van der Waals surface area contributed by atoms with Crippen LogP contribution < -0.4 is 0 Å². The summed E-state index contributed by atoms with van der Waals surface area (Å²) in [6.45, 7) is 3.54. The first-order valence-corrected chi connectivity index (χ1v) is 2.82. The van der Waals surface area contributed by atoms with Crippen molar-refractivity contribution in [3.05, 3.63) is 18.8 Å². The summed E-state index contributed by atoms with van der Waals surface area (Å²) in [6, 6.07) is 0. The van der Waals surface area contributed by atoms with Crippen LogP contribution in [0.3, 0.4) is 0 Å². The summed E-state index contributed by atoms with van der Waals surface area (Å²) in [4.78, 5) is 10.7. The molecule has 1 N–H and O–H groups in total. The Bertz CT molecular complexity index is 331. The van der Waals surface area contributed by atoms with Crippen LogP contribution in [0.5, 0.6) is 0 Å². The molecule has 0 aliphatic heterocycles. The number of nitrogens with one attached hydrogen (secondary N) is 1. The molecular weight excluding hydrogens is 130 g/mol. The van der Waals surface area contributed by atoms with Gasteiger partial charge < -0.3 is 9.40 Å². The van der Waals surface area contributed by atoms with E-state index in [1.807, 2.05) is 0 Å². The van der Waals surface area contributed by atoms with Gasteiger partial charge in [-0.15, -0.1) is 0 Å². The molecule has 2 rings (SSSR count). The number of oxazole rings is 1. The Morgan fingerprint density at radius 2 is 2.60 bits per heavy atom. The van der Waals surface area contributed by atoms with Gasteiger partial charge in [0.1, 0.15) is 5.82 Å². The van der Waals surface area contributed by atoms with E-state index in [4.69, 9.17) is 4.42 Å². The maximum atomic E-state index is 4.90. The third-order valence-corrected chi connectivity index (χ3v) is 1.21. The fourth-order valence-corrected chi connectivity index (χ4v) is 0.760. The summed E-state index contributed by atoms with van der Waals surface area (Å²) < 4.78 is 4.90. The Kier molecular flexibility index (Phi) is 0.887. The number of hydrogen-bond donors (Lipinski definition) is 1. The molecule has 2 heterocycles. The molecule has 0 saturated heterocycles. The molecule has 0 aliphatic carbocycles. The lowest BCUT2D eigenvalue weighted by Crippen LogP contribution is -1.71. The van der Waals surface area contributed by atoms with Gasteiger partial charge in [-0.2, -0.15) is 9.97 Å². The number of nitrogens with zero attached hydrogens (tertiary/aromatic N) is 2. The average Bonchev–Trinajstić information content (AvgIpc) is 2.42. The first-order valence-electron chi connectivity index (χ1n) is 2.82. The molecule has 0 bridgehead atoms. The highest BCUT2D eigenvalue weighted by Gasteiger charge is 2.01. The van der Waals surface area contributed by atoms with E-state index in [1.54, 1.807) is 6.08 Å². The zero-order chi connectivity index (χ0) is 6.97. The van der Waals surface area contributed by atoms with Gasteiger partial charge in [-0.1, -0.05) is 6.58 Å². The normalized spacial score (nSPS) is 10.4. The summed E-state index contributed by atoms with van der Waals surface area (Å²) >= 11 is 0. The molecule has 2 aromatic heterocycles. The van der Waals surface area contributed by atoms with Crippen LogP contribution in [0.15, 0.2) is 17.4 Å². The van der Waals surface area contributed by atoms with Gasteiger partial charge in [0.15, 0.2) is 12.0 Å². The molecule has 0 spiro atoms. The van der Waals surface area contributed by atoms with Crippen LogP contribution in [0.2, 0.25) is 0 Å². The number of hydrogen-bond acceptors (Lipinski definition) is 3. The van der Waals surface area contributed by atoms with E-state index >= 15 is 0 Å². The Morgan fingerprint density at radius 3 is 3.30 bits per heavy atom. The van der Waals surface area contributed by atoms with Crippen molar-refractivity contribution >= 4 is 17.4 Å². The Morgan fingerprint density at radius 1 is 1.70 bits per heavy atom. The number of H-pyrrole nitrogens is 1. The maximum absolute atomic E-state index is 4.90. The molecule has 2 aromatic rings. The lowest BCUT2D eigenvalue weighted by molar-refractivity contribution is 0.591. The first kappa shape index (κ1) is 5.22. The zero-order valence-corrected chi connectivity index (χ0v) is 5.16. The van der Waals surface area contributed by atoms with Gasteiger partial charge in [0.25, 0.3) is 5.71 Å². The average molecular weight is 135 g/mol. The predicted molar refractivity (Wildman–Crippen MR) is 36.2 cm³/mol. The van der Waals surface area contributed by atoms with Gasteiger partial charge in [0.05, 0.1) is 0 Å². The van der Waals surface area contributed by atoms with Crippen LogP contribution in [0.25, 0.3) is 17.4 Å². The van der Waals surface area contributed by atoms with Gasteiger partial charge in [-0.25, -0.2) is 0 Å². The van der Waals surface area contributed by atoms with Crippen LogP contribution in [0, 0.1) is 0 Å². The van der Waals surface area contributed by atoms with E-state index in [9.17, 15) is 0 Å². The van der Waals surface area contributed by atoms with Gasteiger partial charge in [-0.3, -0.25) is 0 Å². The molecule has 10 heavy (non-hydrogen) atoms. The molecule has 0 aromatic carbocycles. The van der Waals surface area contributed by atoms with Crippen molar-refractivity contribution in [2.45, 2.75) is 0 Å². The number of aromatic amines is 1. The second-order valence-corrected chi connectivity index (χ2v) is 1.83. The molecule has 50 valence electrons. The van der Waals surface area contributed by atoms with Crippen molar-refractivity contribution < 1.29 is 4.42 Å². The van der Waals surface area contributed by atoms with Gasteiger partial charge in [-0.05, 0) is 6.08 Å². The number of aromatic nitrogens is 3. The van der Waals surface area contributed by atoms with Gasteiger partial charge in [0.2, 0.25) is 0 Å². The lowest BCUT2D eigenvalue weighted by Gasteiger charge is -1.75. The van der Waals surface area contributed by atoms with E-state index < -0.39 is 0 Å². The third-order valence-electron chi connectivity index (χ3n) is 1.21. The van der Waals surface area contributed by atoms with E-state index in [1.165, 1.54) is 6.39 Å². The topological polar surface area (TPSA) is 54.7 Å². The van der Waals surface area contributed by atoms with E-state index in [0.29, 0.717) is 17.2 Å². The maximum Gasteiger partial charge on any atom is 0.266 e. The summed E-state index contributed by atoms with van der Waals surface area (Å²) in [6.07, 6.45) is 2.96. The highest BCUT2D eigenvalue weighted by Crippen LogP contribution is 2.08. The Hall–Kier alpha value is -1.58. The monoisotopic (exact) mass is 135 g/mol. The molecule has 0 amide bonds. The highest BCUT2D eigenvalue weighted by atomic mass is 16.3. The summed E-state index contributed by atoms with van der Waals surface area (Å²) in [5.41, 5.74) is 1.19. The smallest absolute Gasteiger partial charge is 0.266 e. The van der Waals surface area contributed by atoms with Crippen molar-refractivity contribution in [1.82, 2.24) is 15.0 Å². The molecule has 0 aliphatic rings. The van der Waals surface area contributed by atoms with Crippen molar-refractivity contribution in [1.29, 1.82) is 0 Å². The summed E-state index contributed by atoms with van der Waals surface area (Å²) in [5, 5.41) is 0. The number of fused-ring (bicyclic) bond motifs is 1. The van der Waals surface area contributed by atoms with Crippen LogP contribution >= 0.6 is 0 Å². The minimum Gasteiger partial charge on any atom is -0.424 e. The summed E-state index contributed by atoms with van der Waals surface area (Å²) in [7, 11) is 0. The molecule has 0 radical (unpaired) electrons.